The molecule has 0 unspecified atom stereocenters. The number of allylic oxidation sites excluding steroid dienone is 1. The second kappa shape index (κ2) is 3.52. The van der Waals surface area contributed by atoms with E-state index < -0.39 is 23.5 Å². The summed E-state index contributed by atoms with van der Waals surface area (Å²) in [6.07, 6.45) is -1.70. The molecule has 1 nitrogen and oxygen atoms in total. The Morgan fingerprint density at radius 1 is 1.23 bits per heavy atom. The molecule has 0 aromatic carbocycles. The van der Waals surface area contributed by atoms with Crippen LogP contribution < -0.4 is 0 Å². The fraction of sp³-hybridized carbons (Fsp3) is 0.667. The van der Waals surface area contributed by atoms with Crippen LogP contribution in [0, 0.1) is 5.92 Å². The van der Waals surface area contributed by atoms with Crippen LogP contribution in [0.2, 0.25) is 0 Å². The molecular weight excluding hydrogens is 181 g/mol. The highest BCUT2D eigenvalue weighted by Gasteiger charge is 2.39. The van der Waals surface area contributed by atoms with E-state index in [-0.39, 0.29) is 0 Å². The van der Waals surface area contributed by atoms with Gasteiger partial charge in [-0.3, -0.25) is 4.79 Å². The number of hydrogen-bond acceptors (Lipinski definition) is 1. The summed E-state index contributed by atoms with van der Waals surface area (Å²) in [6, 6.07) is 0. The van der Waals surface area contributed by atoms with Crippen LogP contribution in [0.3, 0.4) is 0 Å². The molecule has 1 saturated carbocycles. The first kappa shape index (κ1) is 10.3. The van der Waals surface area contributed by atoms with E-state index >= 15 is 0 Å². The molecule has 0 spiro atoms. The Kier molecular flexibility index (Phi) is 2.78. The van der Waals surface area contributed by atoms with Gasteiger partial charge in [0, 0.05) is 5.92 Å². The van der Waals surface area contributed by atoms with Crippen LogP contribution in [0.1, 0.15) is 25.7 Å². The van der Waals surface area contributed by atoms with Gasteiger partial charge in [0.1, 0.15) is 0 Å². The van der Waals surface area contributed by atoms with Gasteiger partial charge in [-0.15, -0.1) is 0 Å². The van der Waals surface area contributed by atoms with E-state index in [0.717, 1.165) is 12.8 Å². The summed E-state index contributed by atoms with van der Waals surface area (Å²) >= 11 is 0. The zero-order chi connectivity index (χ0) is 10.1. The fourth-order valence-corrected chi connectivity index (χ4v) is 1.57. The van der Waals surface area contributed by atoms with Crippen LogP contribution in [0.5, 0.6) is 0 Å². The zero-order valence-electron chi connectivity index (χ0n) is 7.16. The lowest BCUT2D eigenvalue weighted by Gasteiger charge is -2.12. The average Bonchev–Trinajstić information content (AvgIpc) is 2.51. The minimum Gasteiger partial charge on any atom is -0.294 e. The molecule has 0 aromatic heterocycles. The van der Waals surface area contributed by atoms with Crippen molar-refractivity contribution in [2.75, 3.05) is 0 Å². The lowest BCUT2D eigenvalue weighted by molar-refractivity contribution is -0.131. The maximum absolute atomic E-state index is 12.0. The summed E-state index contributed by atoms with van der Waals surface area (Å²) in [7, 11) is 0. The van der Waals surface area contributed by atoms with Crippen molar-refractivity contribution in [1.82, 2.24) is 0 Å². The molecule has 4 heteroatoms. The Bertz CT molecular complexity index is 224. The van der Waals surface area contributed by atoms with Crippen molar-refractivity contribution in [3.05, 3.63) is 12.2 Å². The largest absolute Gasteiger partial charge is 0.419 e. The number of hydrogen-bond donors (Lipinski definition) is 0. The third-order valence-electron chi connectivity index (χ3n) is 2.37. The molecule has 0 aromatic rings. The number of alkyl halides is 3. The number of rotatable bonds is 2. The number of Topliss-reactive ketones (excluding diaryl/α,β-unsaturated/α-hetero) is 1. The summed E-state index contributed by atoms with van der Waals surface area (Å²) in [6.45, 7) is 2.80. The normalized spacial score (nSPS) is 19.0. The molecule has 0 atom stereocenters. The van der Waals surface area contributed by atoms with Crippen LogP contribution >= 0.6 is 0 Å². The molecule has 13 heavy (non-hydrogen) atoms. The first-order valence-electron chi connectivity index (χ1n) is 4.23. The van der Waals surface area contributed by atoms with Crippen molar-refractivity contribution in [2.24, 2.45) is 5.92 Å². The molecule has 1 aliphatic carbocycles. The van der Waals surface area contributed by atoms with Crippen molar-refractivity contribution in [2.45, 2.75) is 31.9 Å². The first-order chi connectivity index (χ1) is 5.93. The zero-order valence-corrected chi connectivity index (χ0v) is 7.16. The Morgan fingerprint density at radius 3 is 2.08 bits per heavy atom. The Labute approximate surface area is 74.6 Å². The molecule has 0 amide bonds. The van der Waals surface area contributed by atoms with Gasteiger partial charge in [-0.25, -0.2) is 0 Å². The minimum atomic E-state index is -4.56. The maximum atomic E-state index is 12.0. The SMILES string of the molecule is C=C(C(=O)C1CCCC1)C(F)(F)F. The Morgan fingerprint density at radius 2 is 1.69 bits per heavy atom. The molecule has 1 fully saturated rings. The molecule has 0 N–H and O–H groups in total. The summed E-state index contributed by atoms with van der Waals surface area (Å²) in [5.74, 6) is -1.25. The average molecular weight is 192 g/mol. The number of halogens is 3. The van der Waals surface area contributed by atoms with Gasteiger partial charge in [0.15, 0.2) is 5.78 Å². The lowest BCUT2D eigenvalue weighted by Crippen LogP contribution is -2.23. The van der Waals surface area contributed by atoms with Crippen molar-refractivity contribution in [3.8, 4) is 0 Å². The van der Waals surface area contributed by atoms with Gasteiger partial charge in [-0.2, -0.15) is 13.2 Å². The first-order valence-corrected chi connectivity index (χ1v) is 4.23. The number of ketones is 1. The summed E-state index contributed by atoms with van der Waals surface area (Å²) in [4.78, 5) is 11.2. The molecule has 74 valence electrons. The molecule has 0 radical (unpaired) electrons. The molecule has 0 bridgehead atoms. The maximum Gasteiger partial charge on any atom is 0.419 e. The molecule has 0 heterocycles. The van der Waals surface area contributed by atoms with Gasteiger partial charge < -0.3 is 0 Å². The minimum absolute atomic E-state index is 0.436. The Balaban J connectivity index is 2.62. The highest BCUT2D eigenvalue weighted by molar-refractivity contribution is 5.97. The van der Waals surface area contributed by atoms with Gasteiger partial charge >= 0.3 is 6.18 Å². The Hall–Kier alpha value is -0.800. The highest BCUT2D eigenvalue weighted by atomic mass is 19.4. The van der Waals surface area contributed by atoms with Crippen LogP contribution in [0.15, 0.2) is 12.2 Å². The van der Waals surface area contributed by atoms with Gasteiger partial charge in [0.2, 0.25) is 0 Å². The van der Waals surface area contributed by atoms with Crippen molar-refractivity contribution in [1.29, 1.82) is 0 Å². The monoisotopic (exact) mass is 192 g/mol. The van der Waals surface area contributed by atoms with Gasteiger partial charge in [-0.1, -0.05) is 19.4 Å². The molecule has 0 saturated heterocycles. The van der Waals surface area contributed by atoms with Crippen molar-refractivity contribution in [3.63, 3.8) is 0 Å². The van der Waals surface area contributed by atoms with Crippen molar-refractivity contribution >= 4 is 5.78 Å². The molecule has 1 aliphatic rings. The van der Waals surface area contributed by atoms with E-state index in [2.05, 4.69) is 6.58 Å². The van der Waals surface area contributed by atoms with Gasteiger partial charge in [0.25, 0.3) is 0 Å². The summed E-state index contributed by atoms with van der Waals surface area (Å²) < 4.78 is 36.1. The fourth-order valence-electron chi connectivity index (χ4n) is 1.57. The molecular formula is C9H11F3O. The second-order valence-corrected chi connectivity index (χ2v) is 3.32. The quantitative estimate of drug-likeness (QED) is 0.615. The molecule has 0 aliphatic heterocycles. The smallest absolute Gasteiger partial charge is 0.294 e. The van der Waals surface area contributed by atoms with E-state index in [4.69, 9.17) is 0 Å². The number of carbonyl (C=O) groups is 1. The van der Waals surface area contributed by atoms with Gasteiger partial charge in [0.05, 0.1) is 5.57 Å². The van der Waals surface area contributed by atoms with E-state index in [1.165, 1.54) is 0 Å². The highest BCUT2D eigenvalue weighted by Crippen LogP contribution is 2.33. The summed E-state index contributed by atoms with van der Waals surface area (Å²) in [5.41, 5.74) is -1.20. The second-order valence-electron chi connectivity index (χ2n) is 3.32. The topological polar surface area (TPSA) is 17.1 Å². The van der Waals surface area contributed by atoms with Gasteiger partial charge in [-0.05, 0) is 12.8 Å². The predicted octanol–water partition coefficient (Wildman–Crippen LogP) is 2.86. The van der Waals surface area contributed by atoms with Crippen LogP contribution in [-0.4, -0.2) is 12.0 Å². The molecule has 1 rings (SSSR count). The summed E-state index contributed by atoms with van der Waals surface area (Å²) in [5, 5.41) is 0. The van der Waals surface area contributed by atoms with Crippen molar-refractivity contribution < 1.29 is 18.0 Å². The van der Waals surface area contributed by atoms with Crippen LogP contribution in [-0.2, 0) is 4.79 Å². The lowest BCUT2D eigenvalue weighted by atomic mass is 9.97. The van der Waals surface area contributed by atoms with Crippen LogP contribution in [0.25, 0.3) is 0 Å². The standard InChI is InChI=1S/C9H11F3O/c1-6(9(10,11)12)8(13)7-4-2-3-5-7/h7H,1-5H2. The third-order valence-corrected chi connectivity index (χ3v) is 2.37. The van der Waals surface area contributed by atoms with Crippen LogP contribution in [0.4, 0.5) is 13.2 Å². The number of carbonyl (C=O) groups excluding carboxylic acids is 1. The van der Waals surface area contributed by atoms with E-state index in [9.17, 15) is 18.0 Å². The third kappa shape index (κ3) is 2.32. The van der Waals surface area contributed by atoms with E-state index in [1.807, 2.05) is 0 Å². The van der Waals surface area contributed by atoms with E-state index in [1.54, 1.807) is 0 Å². The predicted molar refractivity (Wildman–Crippen MR) is 42.2 cm³/mol. The van der Waals surface area contributed by atoms with E-state index in [0.29, 0.717) is 12.8 Å².